The van der Waals surface area contributed by atoms with E-state index in [-0.39, 0.29) is 36.8 Å². The highest BCUT2D eigenvalue weighted by molar-refractivity contribution is 6.17. The van der Waals surface area contributed by atoms with Crippen LogP contribution in [0.5, 0.6) is 0 Å². The fourth-order valence-electron chi connectivity index (χ4n) is 2.20. The normalized spacial score (nSPS) is 20.4. The summed E-state index contributed by atoms with van der Waals surface area (Å²) in [6.07, 6.45) is 4.02. The molecule has 0 N–H and O–H groups in total. The van der Waals surface area contributed by atoms with E-state index in [1.165, 1.54) is 6.20 Å². The molecule has 0 bridgehead atoms. The first kappa shape index (κ1) is 18.6. The summed E-state index contributed by atoms with van der Waals surface area (Å²) in [5.41, 5.74) is 0.0480. The number of Topliss-reactive ketones (excluding diaryl/α,β-unsaturated/α-hetero) is 1. The standard InChI is InChI=1S/C16H27NO5/c1-5-20-16(19)13(11-17(3)4)14(18)10-12(2)22-15-8-6-7-9-21-15/h11-12,15H,5-10H2,1-4H3/b13-11-. The van der Waals surface area contributed by atoms with Gasteiger partial charge in [0.1, 0.15) is 5.57 Å². The lowest BCUT2D eigenvalue weighted by atomic mass is 10.1. The molecule has 1 rings (SSSR count). The van der Waals surface area contributed by atoms with Gasteiger partial charge in [-0.15, -0.1) is 0 Å². The van der Waals surface area contributed by atoms with Crippen molar-refractivity contribution in [2.24, 2.45) is 0 Å². The lowest BCUT2D eigenvalue weighted by molar-refractivity contribution is -0.185. The predicted molar refractivity (Wildman–Crippen MR) is 82.2 cm³/mol. The first-order chi connectivity index (χ1) is 10.4. The summed E-state index contributed by atoms with van der Waals surface area (Å²) >= 11 is 0. The molecular formula is C16H27NO5. The molecule has 0 saturated carbocycles. The van der Waals surface area contributed by atoms with Gasteiger partial charge in [0, 0.05) is 33.3 Å². The molecule has 2 atom stereocenters. The molecule has 0 aromatic carbocycles. The fourth-order valence-corrected chi connectivity index (χ4v) is 2.20. The summed E-state index contributed by atoms with van der Waals surface area (Å²) in [4.78, 5) is 25.9. The lowest BCUT2D eigenvalue weighted by Crippen LogP contribution is -2.29. The second kappa shape index (κ2) is 9.58. The van der Waals surface area contributed by atoms with Crippen molar-refractivity contribution in [2.45, 2.75) is 51.9 Å². The highest BCUT2D eigenvalue weighted by Crippen LogP contribution is 2.17. The molecule has 0 amide bonds. The Kier molecular flexibility index (Phi) is 8.12. The summed E-state index contributed by atoms with van der Waals surface area (Å²) in [7, 11) is 3.50. The van der Waals surface area contributed by atoms with Gasteiger partial charge in [-0.3, -0.25) is 4.79 Å². The molecule has 0 radical (unpaired) electrons. The zero-order valence-electron chi connectivity index (χ0n) is 14.0. The highest BCUT2D eigenvalue weighted by atomic mass is 16.7. The topological polar surface area (TPSA) is 65.1 Å². The molecule has 0 spiro atoms. The Morgan fingerprint density at radius 2 is 2.09 bits per heavy atom. The quantitative estimate of drug-likeness (QED) is 0.295. The maximum Gasteiger partial charge on any atom is 0.343 e. The van der Waals surface area contributed by atoms with Gasteiger partial charge in [0.2, 0.25) is 0 Å². The smallest absolute Gasteiger partial charge is 0.343 e. The molecular weight excluding hydrogens is 286 g/mol. The zero-order valence-corrected chi connectivity index (χ0v) is 14.0. The Bertz CT molecular complexity index is 399. The van der Waals surface area contributed by atoms with Crippen molar-refractivity contribution in [3.8, 4) is 0 Å². The van der Waals surface area contributed by atoms with Gasteiger partial charge in [-0.2, -0.15) is 0 Å². The van der Waals surface area contributed by atoms with Crippen molar-refractivity contribution in [1.29, 1.82) is 0 Å². The van der Waals surface area contributed by atoms with Crippen LogP contribution in [-0.2, 0) is 23.8 Å². The number of rotatable bonds is 8. The summed E-state index contributed by atoms with van der Waals surface area (Å²) < 4.78 is 16.2. The molecule has 1 aliphatic heterocycles. The predicted octanol–water partition coefficient (Wildman–Crippen LogP) is 1.89. The largest absolute Gasteiger partial charge is 0.462 e. The second-order valence-corrected chi connectivity index (χ2v) is 5.60. The van der Waals surface area contributed by atoms with Crippen molar-refractivity contribution in [3.63, 3.8) is 0 Å². The molecule has 1 fully saturated rings. The molecule has 6 nitrogen and oxygen atoms in total. The highest BCUT2D eigenvalue weighted by Gasteiger charge is 2.24. The maximum absolute atomic E-state index is 12.3. The van der Waals surface area contributed by atoms with E-state index >= 15 is 0 Å². The minimum atomic E-state index is -0.595. The molecule has 22 heavy (non-hydrogen) atoms. The average Bonchev–Trinajstić information content (AvgIpc) is 2.45. The third-order valence-electron chi connectivity index (χ3n) is 3.18. The summed E-state index contributed by atoms with van der Waals surface area (Å²) in [5, 5.41) is 0. The molecule has 0 aromatic rings. The molecule has 2 unspecified atom stereocenters. The third-order valence-corrected chi connectivity index (χ3v) is 3.18. The van der Waals surface area contributed by atoms with Gasteiger partial charge in [0.05, 0.1) is 12.7 Å². The number of carbonyl (C=O) groups is 2. The van der Waals surface area contributed by atoms with Gasteiger partial charge in [-0.1, -0.05) is 0 Å². The van der Waals surface area contributed by atoms with Crippen LogP contribution in [0.2, 0.25) is 0 Å². The molecule has 1 saturated heterocycles. The Labute approximate surface area is 132 Å². The third kappa shape index (κ3) is 6.58. The van der Waals surface area contributed by atoms with Crippen molar-refractivity contribution in [3.05, 3.63) is 11.8 Å². The van der Waals surface area contributed by atoms with Gasteiger partial charge in [-0.05, 0) is 33.1 Å². The lowest BCUT2D eigenvalue weighted by Gasteiger charge is -2.25. The minimum absolute atomic E-state index is 0.0480. The van der Waals surface area contributed by atoms with Crippen LogP contribution in [0, 0.1) is 0 Å². The molecule has 0 aromatic heterocycles. The number of hydrogen-bond donors (Lipinski definition) is 0. The summed E-state index contributed by atoms with van der Waals surface area (Å²) in [6.45, 7) is 4.45. The molecule has 1 heterocycles. The van der Waals surface area contributed by atoms with Gasteiger partial charge >= 0.3 is 5.97 Å². The zero-order chi connectivity index (χ0) is 16.5. The van der Waals surface area contributed by atoms with E-state index in [9.17, 15) is 9.59 Å². The van der Waals surface area contributed by atoms with E-state index in [2.05, 4.69) is 0 Å². The first-order valence-electron chi connectivity index (χ1n) is 7.79. The summed E-state index contributed by atoms with van der Waals surface area (Å²) in [5.74, 6) is -0.877. The van der Waals surface area contributed by atoms with Crippen molar-refractivity contribution < 1.29 is 23.8 Å². The number of nitrogens with zero attached hydrogens (tertiary/aromatic N) is 1. The van der Waals surface area contributed by atoms with Crippen LogP contribution >= 0.6 is 0 Å². The molecule has 0 aliphatic carbocycles. The van der Waals surface area contributed by atoms with E-state index in [1.807, 2.05) is 6.92 Å². The van der Waals surface area contributed by atoms with Crippen LogP contribution < -0.4 is 0 Å². The van der Waals surface area contributed by atoms with E-state index in [0.717, 1.165) is 19.3 Å². The Morgan fingerprint density at radius 1 is 1.36 bits per heavy atom. The van der Waals surface area contributed by atoms with Crippen LogP contribution in [0.4, 0.5) is 0 Å². The van der Waals surface area contributed by atoms with Gasteiger partial charge in [0.25, 0.3) is 0 Å². The number of ketones is 1. The number of esters is 1. The maximum atomic E-state index is 12.3. The number of carbonyl (C=O) groups excluding carboxylic acids is 2. The molecule has 6 heteroatoms. The van der Waals surface area contributed by atoms with Crippen molar-refractivity contribution in [2.75, 3.05) is 27.3 Å². The van der Waals surface area contributed by atoms with E-state index in [4.69, 9.17) is 14.2 Å². The molecule has 126 valence electrons. The van der Waals surface area contributed by atoms with E-state index in [1.54, 1.807) is 25.9 Å². The fraction of sp³-hybridized carbons (Fsp3) is 0.750. The van der Waals surface area contributed by atoms with Crippen LogP contribution in [0.15, 0.2) is 11.8 Å². The van der Waals surface area contributed by atoms with Crippen molar-refractivity contribution >= 4 is 11.8 Å². The van der Waals surface area contributed by atoms with Gasteiger partial charge in [-0.25, -0.2) is 4.79 Å². The monoisotopic (exact) mass is 313 g/mol. The van der Waals surface area contributed by atoms with Crippen molar-refractivity contribution in [1.82, 2.24) is 4.90 Å². The second-order valence-electron chi connectivity index (χ2n) is 5.60. The van der Waals surface area contributed by atoms with E-state index in [0.29, 0.717) is 6.61 Å². The van der Waals surface area contributed by atoms with Crippen LogP contribution in [0.25, 0.3) is 0 Å². The Balaban J connectivity index is 2.59. The average molecular weight is 313 g/mol. The number of hydrogen-bond acceptors (Lipinski definition) is 6. The van der Waals surface area contributed by atoms with Crippen LogP contribution in [-0.4, -0.2) is 56.4 Å². The van der Waals surface area contributed by atoms with Crippen LogP contribution in [0.3, 0.4) is 0 Å². The van der Waals surface area contributed by atoms with Gasteiger partial charge in [0.15, 0.2) is 12.1 Å². The first-order valence-corrected chi connectivity index (χ1v) is 7.79. The van der Waals surface area contributed by atoms with Gasteiger partial charge < -0.3 is 19.1 Å². The molecule has 1 aliphatic rings. The summed E-state index contributed by atoms with van der Waals surface area (Å²) in [6, 6.07) is 0. The van der Waals surface area contributed by atoms with Crippen LogP contribution in [0.1, 0.15) is 39.5 Å². The minimum Gasteiger partial charge on any atom is -0.462 e. The SMILES string of the molecule is CCOC(=O)/C(=C\N(C)C)C(=O)CC(C)OC1CCCCO1. The Hall–Kier alpha value is -1.40. The number of ether oxygens (including phenoxy) is 3. The Morgan fingerprint density at radius 3 is 2.64 bits per heavy atom. The van der Waals surface area contributed by atoms with E-state index < -0.39 is 5.97 Å².